The number of rotatable bonds is 2. The zero-order chi connectivity index (χ0) is 15.1. The number of hydrogen-bond donors (Lipinski definition) is 2. The maximum Gasteiger partial charge on any atom is 0.312 e. The normalized spacial score (nSPS) is 32.9. The predicted molar refractivity (Wildman–Crippen MR) is 75.9 cm³/mol. The lowest BCUT2D eigenvalue weighted by molar-refractivity contribution is -0.146. The van der Waals surface area contributed by atoms with Crippen molar-refractivity contribution in [2.24, 2.45) is 10.8 Å². The Labute approximate surface area is 120 Å². The Balaban J connectivity index is 2.03. The summed E-state index contributed by atoms with van der Waals surface area (Å²) >= 11 is 0. The molecule has 2 N–H and O–H groups in total. The Morgan fingerprint density at radius 3 is 2.60 bits per heavy atom. The number of aliphatic hydroxyl groups is 1. The van der Waals surface area contributed by atoms with Gasteiger partial charge in [-0.1, -0.05) is 20.8 Å². The van der Waals surface area contributed by atoms with Gasteiger partial charge in [-0.2, -0.15) is 0 Å². The first-order valence-electron chi connectivity index (χ1n) is 7.39. The highest BCUT2D eigenvalue weighted by Gasteiger charge is 2.51. The van der Waals surface area contributed by atoms with Crippen molar-refractivity contribution in [2.75, 3.05) is 13.1 Å². The first kappa shape index (κ1) is 15.3. The van der Waals surface area contributed by atoms with Crippen molar-refractivity contribution < 1.29 is 14.7 Å². The Morgan fingerprint density at radius 2 is 2.00 bits per heavy atom. The number of carbonyl (C=O) groups excluding carboxylic acids is 2. The van der Waals surface area contributed by atoms with Crippen LogP contribution in [0.15, 0.2) is 0 Å². The lowest BCUT2D eigenvalue weighted by atomic mass is 9.65. The molecule has 2 fully saturated rings. The average molecular weight is 282 g/mol. The van der Waals surface area contributed by atoms with E-state index < -0.39 is 17.9 Å². The van der Waals surface area contributed by atoms with Crippen LogP contribution in [0.5, 0.6) is 0 Å². The molecule has 3 atom stereocenters. The molecular formula is C15H26N2O3. The minimum Gasteiger partial charge on any atom is -0.392 e. The van der Waals surface area contributed by atoms with E-state index in [9.17, 15) is 9.59 Å². The summed E-state index contributed by atoms with van der Waals surface area (Å²) in [5.41, 5.74) is 0.357. The Hall–Kier alpha value is -1.10. The van der Waals surface area contributed by atoms with Crippen molar-refractivity contribution >= 4 is 11.8 Å². The fraction of sp³-hybridized carbons (Fsp3) is 0.867. The number of aliphatic hydroxyl groups excluding tert-OH is 1. The van der Waals surface area contributed by atoms with E-state index in [2.05, 4.69) is 26.1 Å². The predicted octanol–water partition coefficient (Wildman–Crippen LogP) is 0.911. The molecule has 2 bridgehead atoms. The number of nitrogens with one attached hydrogen (secondary N) is 1. The van der Waals surface area contributed by atoms with Gasteiger partial charge in [-0.3, -0.25) is 9.59 Å². The van der Waals surface area contributed by atoms with E-state index in [0.29, 0.717) is 6.54 Å². The van der Waals surface area contributed by atoms with Crippen molar-refractivity contribution in [3.63, 3.8) is 0 Å². The molecule has 2 amide bonds. The van der Waals surface area contributed by atoms with E-state index in [-0.39, 0.29) is 23.4 Å². The molecule has 5 nitrogen and oxygen atoms in total. The molecule has 0 aromatic rings. The van der Waals surface area contributed by atoms with Gasteiger partial charge in [-0.05, 0) is 37.0 Å². The van der Waals surface area contributed by atoms with Gasteiger partial charge in [-0.15, -0.1) is 0 Å². The molecule has 0 aromatic carbocycles. The fourth-order valence-electron chi connectivity index (χ4n) is 4.14. The van der Waals surface area contributed by atoms with E-state index in [1.807, 2.05) is 0 Å². The SMILES string of the molecule is CC(O)CNC(=O)C(=O)N1CC2(C)CC1CC(C)(C)C2. The van der Waals surface area contributed by atoms with Gasteiger partial charge in [0.05, 0.1) is 6.10 Å². The van der Waals surface area contributed by atoms with Crippen LogP contribution >= 0.6 is 0 Å². The van der Waals surface area contributed by atoms with E-state index in [4.69, 9.17) is 5.11 Å². The summed E-state index contributed by atoms with van der Waals surface area (Å²) in [4.78, 5) is 25.9. The second kappa shape index (κ2) is 5.02. The minimum absolute atomic E-state index is 0.117. The smallest absolute Gasteiger partial charge is 0.312 e. The molecule has 20 heavy (non-hydrogen) atoms. The van der Waals surface area contributed by atoms with Crippen LogP contribution in [0.2, 0.25) is 0 Å². The standard InChI is InChI=1S/C15H26N2O3/c1-10(18)7-16-12(19)13(20)17-9-15(4)6-11(17)5-14(2,3)8-15/h10-11,18H,5-9H2,1-4H3,(H,16,19). The molecule has 1 saturated carbocycles. The largest absolute Gasteiger partial charge is 0.392 e. The summed E-state index contributed by atoms with van der Waals surface area (Å²) in [6.07, 6.45) is 2.40. The van der Waals surface area contributed by atoms with Gasteiger partial charge in [0.15, 0.2) is 0 Å². The summed E-state index contributed by atoms with van der Waals surface area (Å²) in [6.45, 7) is 9.05. The number of carbonyl (C=O) groups is 2. The molecule has 1 aliphatic carbocycles. The molecule has 0 radical (unpaired) electrons. The van der Waals surface area contributed by atoms with Gasteiger partial charge >= 0.3 is 11.8 Å². The second-order valence-corrected chi connectivity index (χ2v) is 7.71. The van der Waals surface area contributed by atoms with Crippen LogP contribution in [0.4, 0.5) is 0 Å². The molecule has 2 rings (SSSR count). The first-order valence-corrected chi connectivity index (χ1v) is 7.39. The third-order valence-corrected chi connectivity index (χ3v) is 4.43. The number of hydrogen-bond acceptors (Lipinski definition) is 3. The van der Waals surface area contributed by atoms with E-state index in [0.717, 1.165) is 19.3 Å². The molecule has 0 spiro atoms. The third-order valence-electron chi connectivity index (χ3n) is 4.43. The van der Waals surface area contributed by atoms with Crippen LogP contribution < -0.4 is 5.32 Å². The van der Waals surface area contributed by atoms with Crippen molar-refractivity contribution in [1.82, 2.24) is 10.2 Å². The molecule has 1 saturated heterocycles. The van der Waals surface area contributed by atoms with Crippen LogP contribution in [0.25, 0.3) is 0 Å². The van der Waals surface area contributed by atoms with Crippen molar-refractivity contribution in [2.45, 2.75) is 59.1 Å². The summed E-state index contributed by atoms with van der Waals surface area (Å²) in [7, 11) is 0. The highest BCUT2D eigenvalue weighted by atomic mass is 16.3. The summed E-state index contributed by atoms with van der Waals surface area (Å²) in [6, 6.07) is 0.175. The number of amides is 2. The van der Waals surface area contributed by atoms with Gasteiger partial charge in [-0.25, -0.2) is 0 Å². The van der Waals surface area contributed by atoms with Crippen LogP contribution in [-0.4, -0.2) is 47.1 Å². The Morgan fingerprint density at radius 1 is 1.35 bits per heavy atom. The van der Waals surface area contributed by atoms with Gasteiger partial charge in [0.25, 0.3) is 0 Å². The molecule has 114 valence electrons. The zero-order valence-corrected chi connectivity index (χ0v) is 12.9. The van der Waals surface area contributed by atoms with Crippen molar-refractivity contribution in [1.29, 1.82) is 0 Å². The number of fused-ring (bicyclic) bond motifs is 2. The van der Waals surface area contributed by atoms with Gasteiger partial charge in [0, 0.05) is 19.1 Å². The Bertz CT molecular complexity index is 419. The van der Waals surface area contributed by atoms with Crippen LogP contribution in [0.3, 0.4) is 0 Å². The zero-order valence-electron chi connectivity index (χ0n) is 12.9. The van der Waals surface area contributed by atoms with E-state index in [1.165, 1.54) is 0 Å². The monoisotopic (exact) mass is 282 g/mol. The lowest BCUT2D eigenvalue weighted by Gasteiger charge is -2.39. The maximum atomic E-state index is 12.3. The van der Waals surface area contributed by atoms with Gasteiger partial charge in [0.1, 0.15) is 0 Å². The molecule has 2 aliphatic rings. The Kier molecular flexibility index (Phi) is 3.84. The van der Waals surface area contributed by atoms with E-state index in [1.54, 1.807) is 11.8 Å². The molecule has 1 heterocycles. The van der Waals surface area contributed by atoms with E-state index >= 15 is 0 Å². The lowest BCUT2D eigenvalue weighted by Crippen LogP contribution is -2.47. The average Bonchev–Trinajstić information content (AvgIpc) is 2.54. The first-order chi connectivity index (χ1) is 9.12. The highest BCUT2D eigenvalue weighted by molar-refractivity contribution is 6.35. The molecular weight excluding hydrogens is 256 g/mol. The quantitative estimate of drug-likeness (QED) is 0.740. The van der Waals surface area contributed by atoms with Crippen molar-refractivity contribution in [3.8, 4) is 0 Å². The number of nitrogens with zero attached hydrogens (tertiary/aromatic N) is 1. The third kappa shape index (κ3) is 3.14. The van der Waals surface area contributed by atoms with Crippen LogP contribution in [0.1, 0.15) is 47.0 Å². The molecule has 3 unspecified atom stereocenters. The van der Waals surface area contributed by atoms with Gasteiger partial charge in [0.2, 0.25) is 0 Å². The van der Waals surface area contributed by atoms with Crippen LogP contribution in [0, 0.1) is 10.8 Å². The minimum atomic E-state index is -0.638. The summed E-state index contributed by atoms with van der Waals surface area (Å²) in [5, 5.41) is 11.7. The fourth-order valence-corrected chi connectivity index (χ4v) is 4.14. The summed E-state index contributed by atoms with van der Waals surface area (Å²) in [5.74, 6) is -1.04. The molecule has 5 heteroatoms. The molecule has 0 aromatic heterocycles. The van der Waals surface area contributed by atoms with Gasteiger partial charge < -0.3 is 15.3 Å². The second-order valence-electron chi connectivity index (χ2n) is 7.71. The number of likely N-dealkylation sites (tertiary alicyclic amines) is 1. The van der Waals surface area contributed by atoms with Crippen LogP contribution in [-0.2, 0) is 9.59 Å². The maximum absolute atomic E-state index is 12.3. The van der Waals surface area contributed by atoms with Crippen molar-refractivity contribution in [3.05, 3.63) is 0 Å². The topological polar surface area (TPSA) is 69.6 Å². The highest BCUT2D eigenvalue weighted by Crippen LogP contribution is 2.52. The summed E-state index contributed by atoms with van der Waals surface area (Å²) < 4.78 is 0. The molecule has 1 aliphatic heterocycles.